The molecule has 0 spiro atoms. The minimum atomic E-state index is -0.687. The molecule has 4 heterocycles. The van der Waals surface area contributed by atoms with Gasteiger partial charge in [0.2, 0.25) is 11.8 Å². The van der Waals surface area contributed by atoms with E-state index in [0.717, 1.165) is 69.9 Å². The number of carbonyl (C=O) groups excluding carboxylic acids is 3. The van der Waals surface area contributed by atoms with Gasteiger partial charge < -0.3 is 14.5 Å². The number of likely N-dealkylation sites (tertiary alicyclic amines) is 1. The van der Waals surface area contributed by atoms with Crippen molar-refractivity contribution in [3.8, 4) is 0 Å². The van der Waals surface area contributed by atoms with Crippen LogP contribution in [0.15, 0.2) is 23.0 Å². The number of nitrogens with zero attached hydrogens (tertiary/aromatic N) is 5. The summed E-state index contributed by atoms with van der Waals surface area (Å²) in [5.74, 6) is -0.146. The number of imide groups is 1. The number of hydrogen-bond acceptors (Lipinski definition) is 7. The van der Waals surface area contributed by atoms with E-state index >= 15 is 0 Å². The minimum Gasteiger partial charge on any atom is -0.444 e. The first-order chi connectivity index (χ1) is 18.5. The second-order valence-corrected chi connectivity index (χ2v) is 12.0. The van der Waals surface area contributed by atoms with Crippen molar-refractivity contribution in [3.63, 3.8) is 0 Å². The molecule has 3 aliphatic heterocycles. The number of nitrogens with one attached hydrogen (secondary N) is 1. The third-order valence-electron chi connectivity index (χ3n) is 8.11. The highest BCUT2D eigenvalue weighted by molar-refractivity contribution is 6.00. The van der Waals surface area contributed by atoms with Crippen molar-refractivity contribution in [2.24, 2.45) is 13.0 Å². The molecule has 1 unspecified atom stereocenters. The summed E-state index contributed by atoms with van der Waals surface area (Å²) in [6, 6.07) is 5.30. The Labute approximate surface area is 228 Å². The van der Waals surface area contributed by atoms with Crippen LogP contribution in [0.25, 0.3) is 11.0 Å². The smallest absolute Gasteiger partial charge is 0.410 e. The molecule has 0 bridgehead atoms. The molecule has 11 heteroatoms. The van der Waals surface area contributed by atoms with Gasteiger partial charge in [0.05, 0.1) is 11.0 Å². The van der Waals surface area contributed by atoms with Gasteiger partial charge in [-0.05, 0) is 64.2 Å². The fraction of sp³-hybridized carbons (Fsp3) is 0.643. The van der Waals surface area contributed by atoms with Gasteiger partial charge in [-0.1, -0.05) is 0 Å². The van der Waals surface area contributed by atoms with Crippen molar-refractivity contribution < 1.29 is 19.1 Å². The van der Waals surface area contributed by atoms with Crippen molar-refractivity contribution in [2.45, 2.75) is 58.1 Å². The van der Waals surface area contributed by atoms with Crippen LogP contribution in [0.3, 0.4) is 0 Å². The first-order valence-electron chi connectivity index (χ1n) is 14.0. The number of aryl methyl sites for hydroxylation is 1. The van der Waals surface area contributed by atoms with E-state index < -0.39 is 17.6 Å². The molecule has 3 fully saturated rings. The standard InChI is InChI=1S/C28H40N6O5/c1-28(2,3)39-27(38)33-11-9-19(10-12-33)18-31-13-15-32(16-14-31)20-5-6-21-23(17-20)34(26(37)30(21)4)22-7-8-24(35)29-25(22)36/h5-6,17,19,22H,7-16,18H2,1-4H3,(H,29,35,36). The Morgan fingerprint density at radius 2 is 1.67 bits per heavy atom. The van der Waals surface area contributed by atoms with E-state index in [0.29, 0.717) is 17.9 Å². The van der Waals surface area contributed by atoms with Gasteiger partial charge in [0, 0.05) is 65.0 Å². The highest BCUT2D eigenvalue weighted by Crippen LogP contribution is 2.28. The Balaban J connectivity index is 1.19. The molecule has 1 N–H and O–H groups in total. The van der Waals surface area contributed by atoms with Crippen molar-refractivity contribution in [3.05, 3.63) is 28.7 Å². The number of piperazine rings is 1. The first-order valence-corrected chi connectivity index (χ1v) is 14.0. The highest BCUT2D eigenvalue weighted by Gasteiger charge is 2.32. The average molecular weight is 541 g/mol. The average Bonchev–Trinajstić information content (AvgIpc) is 3.13. The van der Waals surface area contributed by atoms with E-state index in [1.54, 1.807) is 16.2 Å². The molecule has 1 aromatic heterocycles. The molecular weight excluding hydrogens is 500 g/mol. The lowest BCUT2D eigenvalue weighted by atomic mass is 9.96. The van der Waals surface area contributed by atoms with E-state index in [1.807, 2.05) is 43.9 Å². The normalized spacial score (nSPS) is 21.9. The summed E-state index contributed by atoms with van der Waals surface area (Å²) >= 11 is 0. The molecule has 11 nitrogen and oxygen atoms in total. The van der Waals surface area contributed by atoms with Gasteiger partial charge in [0.25, 0.3) is 0 Å². The van der Waals surface area contributed by atoms with Crippen LogP contribution in [-0.2, 0) is 21.4 Å². The maximum absolute atomic E-state index is 13.1. The molecule has 39 heavy (non-hydrogen) atoms. The number of fused-ring (bicyclic) bond motifs is 1. The van der Waals surface area contributed by atoms with Crippen molar-refractivity contribution in [2.75, 3.05) is 50.7 Å². The Morgan fingerprint density at radius 1 is 0.974 bits per heavy atom. The molecule has 1 aromatic carbocycles. The van der Waals surface area contributed by atoms with Crippen LogP contribution < -0.4 is 15.9 Å². The summed E-state index contributed by atoms with van der Waals surface area (Å²) in [4.78, 5) is 56.3. The predicted molar refractivity (Wildman–Crippen MR) is 148 cm³/mol. The lowest BCUT2D eigenvalue weighted by Gasteiger charge is -2.39. The van der Waals surface area contributed by atoms with Gasteiger partial charge in [-0.25, -0.2) is 9.59 Å². The molecule has 3 aliphatic rings. The van der Waals surface area contributed by atoms with Crippen molar-refractivity contribution in [1.29, 1.82) is 0 Å². The van der Waals surface area contributed by atoms with Crippen LogP contribution in [0.4, 0.5) is 10.5 Å². The molecule has 5 rings (SSSR count). The van der Waals surface area contributed by atoms with Gasteiger partial charge in [0.1, 0.15) is 11.6 Å². The number of hydrogen-bond donors (Lipinski definition) is 1. The lowest BCUT2D eigenvalue weighted by molar-refractivity contribution is -0.135. The number of amides is 3. The minimum absolute atomic E-state index is 0.215. The summed E-state index contributed by atoms with van der Waals surface area (Å²) < 4.78 is 8.63. The first kappa shape index (κ1) is 27.2. The number of imidazole rings is 1. The number of carbonyl (C=O) groups is 3. The number of anilines is 1. The SMILES string of the molecule is Cn1c(=O)n(C2CCC(=O)NC2=O)c2cc(N3CCN(CC4CCN(C(=O)OC(C)(C)C)CC4)CC3)ccc21. The van der Waals surface area contributed by atoms with Gasteiger partial charge in [-0.2, -0.15) is 0 Å². The zero-order chi connectivity index (χ0) is 27.9. The summed E-state index contributed by atoms with van der Waals surface area (Å²) in [7, 11) is 1.71. The van der Waals surface area contributed by atoms with Crippen LogP contribution in [-0.4, -0.2) is 88.3 Å². The topological polar surface area (TPSA) is 109 Å². The summed E-state index contributed by atoms with van der Waals surface area (Å²) in [6.45, 7) is 11.8. The third kappa shape index (κ3) is 5.83. The fourth-order valence-corrected chi connectivity index (χ4v) is 5.96. The Kier molecular flexibility index (Phi) is 7.45. The van der Waals surface area contributed by atoms with Crippen LogP contribution in [0, 0.1) is 5.92 Å². The maximum Gasteiger partial charge on any atom is 0.410 e. The van der Waals surface area contributed by atoms with Gasteiger partial charge >= 0.3 is 11.8 Å². The summed E-state index contributed by atoms with van der Waals surface area (Å²) in [5, 5.41) is 2.37. The monoisotopic (exact) mass is 540 g/mol. The molecule has 0 saturated carbocycles. The quantitative estimate of drug-likeness (QED) is 0.592. The molecule has 3 saturated heterocycles. The number of benzene rings is 1. The number of piperidine rings is 2. The molecule has 3 amide bonds. The van der Waals surface area contributed by atoms with E-state index in [1.165, 1.54) is 0 Å². The zero-order valence-corrected chi connectivity index (χ0v) is 23.4. The van der Waals surface area contributed by atoms with E-state index in [4.69, 9.17) is 4.74 Å². The second kappa shape index (κ2) is 10.7. The Hall–Kier alpha value is -3.34. The van der Waals surface area contributed by atoms with E-state index in [2.05, 4.69) is 15.1 Å². The molecule has 212 valence electrons. The van der Waals surface area contributed by atoms with E-state index in [9.17, 15) is 19.2 Å². The number of aromatic nitrogens is 2. The number of ether oxygens (including phenoxy) is 1. The van der Waals surface area contributed by atoms with Gasteiger partial charge in [-0.3, -0.25) is 28.9 Å². The van der Waals surface area contributed by atoms with E-state index in [-0.39, 0.29) is 24.1 Å². The molecular formula is C28H40N6O5. The largest absolute Gasteiger partial charge is 0.444 e. The molecule has 0 radical (unpaired) electrons. The number of rotatable bonds is 4. The highest BCUT2D eigenvalue weighted by atomic mass is 16.6. The third-order valence-corrected chi connectivity index (χ3v) is 8.11. The molecule has 2 aromatic rings. The van der Waals surface area contributed by atoms with Crippen molar-refractivity contribution >= 4 is 34.6 Å². The summed E-state index contributed by atoms with van der Waals surface area (Å²) in [5.41, 5.74) is 1.79. The van der Waals surface area contributed by atoms with Crippen LogP contribution in [0.1, 0.15) is 52.5 Å². The summed E-state index contributed by atoms with van der Waals surface area (Å²) in [6.07, 6.45) is 2.31. The van der Waals surface area contributed by atoms with Crippen LogP contribution in [0.5, 0.6) is 0 Å². The van der Waals surface area contributed by atoms with Crippen molar-refractivity contribution in [1.82, 2.24) is 24.3 Å². The van der Waals surface area contributed by atoms with Crippen LogP contribution >= 0.6 is 0 Å². The fourth-order valence-electron chi connectivity index (χ4n) is 5.96. The van der Waals surface area contributed by atoms with Gasteiger partial charge in [-0.15, -0.1) is 0 Å². The predicted octanol–water partition coefficient (Wildman–Crippen LogP) is 2.09. The molecule has 1 atom stereocenters. The maximum atomic E-state index is 13.1. The van der Waals surface area contributed by atoms with Crippen LogP contribution in [0.2, 0.25) is 0 Å². The van der Waals surface area contributed by atoms with Gasteiger partial charge in [0.15, 0.2) is 0 Å². The lowest BCUT2D eigenvalue weighted by Crippen LogP contribution is -2.49. The Morgan fingerprint density at radius 3 is 2.31 bits per heavy atom. The molecule has 0 aliphatic carbocycles. The zero-order valence-electron chi connectivity index (χ0n) is 23.4. The second-order valence-electron chi connectivity index (χ2n) is 12.0. The Bertz CT molecular complexity index is 1310.